The molecule has 0 saturated carbocycles. The van der Waals surface area contributed by atoms with E-state index in [0.29, 0.717) is 29.6 Å². The van der Waals surface area contributed by atoms with Gasteiger partial charge < -0.3 is 9.72 Å². The Morgan fingerprint density at radius 3 is 2.56 bits per heavy atom. The van der Waals surface area contributed by atoms with E-state index >= 15 is 0 Å². The standard InChI is InChI=1S/C18H20N6O/c1-18(2,3)12-7-5-11(6-8-12)15-22-17-14-16(20-10-19-14)21-13(9-25-4)24(17)23-15/h5-8,10H,9H2,1-4H3,(H,19,20). The van der Waals surface area contributed by atoms with Gasteiger partial charge in [-0.2, -0.15) is 4.52 Å². The monoisotopic (exact) mass is 336 g/mol. The second-order valence-electron chi connectivity index (χ2n) is 7.06. The summed E-state index contributed by atoms with van der Waals surface area (Å²) in [7, 11) is 1.63. The van der Waals surface area contributed by atoms with E-state index in [1.165, 1.54) is 5.56 Å². The maximum absolute atomic E-state index is 5.24. The molecule has 0 radical (unpaired) electrons. The van der Waals surface area contributed by atoms with Gasteiger partial charge in [0.05, 0.1) is 6.33 Å². The van der Waals surface area contributed by atoms with Crippen LogP contribution < -0.4 is 0 Å². The highest BCUT2D eigenvalue weighted by Gasteiger charge is 2.17. The van der Waals surface area contributed by atoms with Gasteiger partial charge in [-0.05, 0) is 11.0 Å². The number of aromatic amines is 1. The van der Waals surface area contributed by atoms with Crippen molar-refractivity contribution < 1.29 is 4.74 Å². The lowest BCUT2D eigenvalue weighted by Crippen LogP contribution is -2.10. The highest BCUT2D eigenvalue weighted by molar-refractivity contribution is 5.85. The number of nitrogens with one attached hydrogen (secondary N) is 1. The first-order chi connectivity index (χ1) is 12.0. The van der Waals surface area contributed by atoms with Crippen LogP contribution in [0.15, 0.2) is 30.6 Å². The van der Waals surface area contributed by atoms with E-state index in [1.807, 2.05) is 0 Å². The molecule has 1 aromatic carbocycles. The fourth-order valence-corrected chi connectivity index (χ4v) is 2.82. The van der Waals surface area contributed by atoms with Crippen LogP contribution in [0, 0.1) is 0 Å². The van der Waals surface area contributed by atoms with E-state index in [0.717, 1.165) is 11.1 Å². The van der Waals surface area contributed by atoms with Gasteiger partial charge in [0.2, 0.25) is 0 Å². The van der Waals surface area contributed by atoms with E-state index in [1.54, 1.807) is 18.0 Å². The van der Waals surface area contributed by atoms with Gasteiger partial charge in [-0.1, -0.05) is 45.0 Å². The Hall–Kier alpha value is -2.80. The quantitative estimate of drug-likeness (QED) is 0.622. The van der Waals surface area contributed by atoms with E-state index in [2.05, 4.69) is 65.1 Å². The number of nitrogens with zero attached hydrogens (tertiary/aromatic N) is 5. The first-order valence-electron chi connectivity index (χ1n) is 8.16. The van der Waals surface area contributed by atoms with Crippen LogP contribution in [0.1, 0.15) is 32.2 Å². The molecule has 4 rings (SSSR count). The minimum atomic E-state index is 0.114. The summed E-state index contributed by atoms with van der Waals surface area (Å²) in [4.78, 5) is 16.5. The Balaban J connectivity index is 1.87. The van der Waals surface area contributed by atoms with Crippen LogP contribution in [0.4, 0.5) is 0 Å². The first kappa shape index (κ1) is 15.7. The van der Waals surface area contributed by atoms with Crippen LogP contribution in [-0.2, 0) is 16.8 Å². The molecule has 3 aromatic heterocycles. The van der Waals surface area contributed by atoms with E-state index in [-0.39, 0.29) is 5.41 Å². The van der Waals surface area contributed by atoms with Gasteiger partial charge in [0.25, 0.3) is 0 Å². The normalized spacial score (nSPS) is 12.3. The second-order valence-corrected chi connectivity index (χ2v) is 7.06. The summed E-state index contributed by atoms with van der Waals surface area (Å²) in [5.41, 5.74) is 4.43. The molecule has 3 heterocycles. The third-order valence-electron chi connectivity index (χ3n) is 4.21. The third kappa shape index (κ3) is 2.66. The Morgan fingerprint density at radius 2 is 1.88 bits per heavy atom. The van der Waals surface area contributed by atoms with Gasteiger partial charge in [0.1, 0.15) is 12.1 Å². The average Bonchev–Trinajstić information content (AvgIpc) is 3.20. The number of imidazole rings is 1. The van der Waals surface area contributed by atoms with Crippen molar-refractivity contribution in [3.63, 3.8) is 0 Å². The lowest BCUT2D eigenvalue weighted by atomic mass is 9.87. The molecule has 4 aromatic rings. The number of H-pyrrole nitrogens is 1. The largest absolute Gasteiger partial charge is 0.377 e. The summed E-state index contributed by atoms with van der Waals surface area (Å²) in [5, 5.41) is 4.64. The number of ether oxygens (including phenoxy) is 1. The molecular formula is C18H20N6O. The lowest BCUT2D eigenvalue weighted by molar-refractivity contribution is 0.176. The fraction of sp³-hybridized carbons (Fsp3) is 0.333. The average molecular weight is 336 g/mol. The third-order valence-corrected chi connectivity index (χ3v) is 4.21. The molecule has 0 unspecified atom stereocenters. The van der Waals surface area contributed by atoms with Crippen LogP contribution in [0.5, 0.6) is 0 Å². The highest BCUT2D eigenvalue weighted by atomic mass is 16.5. The van der Waals surface area contributed by atoms with Gasteiger partial charge in [0, 0.05) is 12.7 Å². The van der Waals surface area contributed by atoms with Gasteiger partial charge in [-0.15, -0.1) is 5.10 Å². The van der Waals surface area contributed by atoms with Crippen LogP contribution in [0.25, 0.3) is 28.2 Å². The van der Waals surface area contributed by atoms with Gasteiger partial charge in [-0.25, -0.2) is 15.0 Å². The maximum atomic E-state index is 5.24. The summed E-state index contributed by atoms with van der Waals surface area (Å²) in [6.45, 7) is 6.93. The Morgan fingerprint density at radius 1 is 1.12 bits per heavy atom. The van der Waals surface area contributed by atoms with Gasteiger partial charge >= 0.3 is 0 Å². The first-order valence-corrected chi connectivity index (χ1v) is 8.16. The molecule has 128 valence electrons. The van der Waals surface area contributed by atoms with E-state index in [4.69, 9.17) is 9.72 Å². The van der Waals surface area contributed by atoms with Crippen LogP contribution in [0.2, 0.25) is 0 Å². The minimum Gasteiger partial charge on any atom is -0.377 e. The van der Waals surface area contributed by atoms with E-state index in [9.17, 15) is 0 Å². The molecule has 0 bridgehead atoms. The molecule has 0 fully saturated rings. The second kappa shape index (κ2) is 5.63. The van der Waals surface area contributed by atoms with Gasteiger partial charge in [0.15, 0.2) is 22.9 Å². The highest BCUT2D eigenvalue weighted by Crippen LogP contribution is 2.26. The smallest absolute Gasteiger partial charge is 0.185 e. The molecule has 0 saturated heterocycles. The van der Waals surface area contributed by atoms with Crippen molar-refractivity contribution >= 4 is 16.8 Å². The van der Waals surface area contributed by atoms with Crippen molar-refractivity contribution in [3.8, 4) is 11.4 Å². The minimum absolute atomic E-state index is 0.114. The number of hydrogen-bond acceptors (Lipinski definition) is 5. The molecule has 7 heteroatoms. The van der Waals surface area contributed by atoms with Crippen molar-refractivity contribution in [2.45, 2.75) is 32.8 Å². The number of rotatable bonds is 3. The molecule has 7 nitrogen and oxygen atoms in total. The molecule has 0 aliphatic carbocycles. The maximum Gasteiger partial charge on any atom is 0.185 e. The summed E-state index contributed by atoms with van der Waals surface area (Å²) in [5.74, 6) is 1.32. The van der Waals surface area contributed by atoms with Crippen LogP contribution in [-0.4, -0.2) is 36.7 Å². The van der Waals surface area contributed by atoms with Crippen molar-refractivity contribution in [1.82, 2.24) is 29.5 Å². The van der Waals surface area contributed by atoms with Crippen molar-refractivity contribution in [2.75, 3.05) is 7.11 Å². The summed E-state index contributed by atoms with van der Waals surface area (Å²) >= 11 is 0. The Bertz CT molecular complexity index is 1040. The molecular weight excluding hydrogens is 316 g/mol. The SMILES string of the molecule is COCc1nc2nc[nH]c2c2nc(-c3ccc(C(C)(C)C)cc3)nn12. The van der Waals surface area contributed by atoms with Crippen molar-refractivity contribution in [2.24, 2.45) is 0 Å². The molecule has 0 amide bonds. The number of methoxy groups -OCH3 is 1. The molecule has 0 aliphatic heterocycles. The zero-order chi connectivity index (χ0) is 17.6. The molecule has 0 spiro atoms. The number of fused-ring (bicyclic) bond motifs is 3. The number of aromatic nitrogens is 6. The van der Waals surface area contributed by atoms with Crippen LogP contribution in [0.3, 0.4) is 0 Å². The Labute approximate surface area is 145 Å². The van der Waals surface area contributed by atoms with Crippen molar-refractivity contribution in [1.29, 1.82) is 0 Å². The summed E-state index contributed by atoms with van der Waals surface area (Å²) in [6, 6.07) is 8.37. The predicted octanol–water partition coefficient (Wildman–Crippen LogP) is 3.11. The molecule has 25 heavy (non-hydrogen) atoms. The number of benzene rings is 1. The number of hydrogen-bond donors (Lipinski definition) is 1. The zero-order valence-corrected chi connectivity index (χ0v) is 14.7. The fourth-order valence-electron chi connectivity index (χ4n) is 2.82. The summed E-state index contributed by atoms with van der Waals surface area (Å²) < 4.78 is 6.96. The van der Waals surface area contributed by atoms with Crippen molar-refractivity contribution in [3.05, 3.63) is 42.0 Å². The zero-order valence-electron chi connectivity index (χ0n) is 14.7. The molecule has 0 atom stereocenters. The van der Waals surface area contributed by atoms with Gasteiger partial charge in [-0.3, -0.25) is 0 Å². The van der Waals surface area contributed by atoms with Crippen LogP contribution >= 0.6 is 0 Å². The predicted molar refractivity (Wildman–Crippen MR) is 95.3 cm³/mol. The van der Waals surface area contributed by atoms with E-state index < -0.39 is 0 Å². The summed E-state index contributed by atoms with van der Waals surface area (Å²) in [6.07, 6.45) is 1.61. The lowest BCUT2D eigenvalue weighted by Gasteiger charge is -2.18. The molecule has 0 aliphatic rings. The topological polar surface area (TPSA) is 81.0 Å². The molecule has 1 N–H and O–H groups in total. The Kier molecular flexibility index (Phi) is 3.54.